The lowest BCUT2D eigenvalue weighted by atomic mass is 10.0. The quantitative estimate of drug-likeness (QED) is 0.877. The topological polar surface area (TPSA) is 49.4 Å². The van der Waals surface area contributed by atoms with Crippen LogP contribution in [0.3, 0.4) is 0 Å². The Kier molecular flexibility index (Phi) is 5.97. The van der Waals surface area contributed by atoms with Crippen LogP contribution in [0.1, 0.15) is 43.4 Å². The molecule has 0 bridgehead atoms. The average Bonchev–Trinajstić information content (AvgIpc) is 2.51. The van der Waals surface area contributed by atoms with Gasteiger partial charge < -0.3 is 10.2 Å². The molecule has 2 rings (SSSR count). The highest BCUT2D eigenvalue weighted by atomic mass is 16.2. The van der Waals surface area contributed by atoms with E-state index in [0.717, 1.165) is 22.5 Å². The summed E-state index contributed by atoms with van der Waals surface area (Å²) in [6.45, 7) is 9.68. The van der Waals surface area contributed by atoms with Gasteiger partial charge in [-0.15, -0.1) is 0 Å². The number of carbonyl (C=O) groups is 2. The SMILES string of the molecule is CC(=O)N(CC(=O)Nc1cc(C)cc(C)c1)c1ccc(C(C)C)cc1. The Morgan fingerprint density at radius 3 is 2.04 bits per heavy atom. The van der Waals surface area contributed by atoms with E-state index in [4.69, 9.17) is 0 Å². The van der Waals surface area contributed by atoms with Crippen LogP contribution >= 0.6 is 0 Å². The van der Waals surface area contributed by atoms with Crippen molar-refractivity contribution in [2.24, 2.45) is 0 Å². The molecule has 2 aromatic rings. The number of amides is 2. The first-order valence-corrected chi connectivity index (χ1v) is 8.52. The third-order valence-corrected chi connectivity index (χ3v) is 4.06. The molecular formula is C21H26N2O2. The van der Waals surface area contributed by atoms with Gasteiger partial charge in [-0.3, -0.25) is 9.59 Å². The number of rotatable bonds is 5. The first-order valence-electron chi connectivity index (χ1n) is 8.52. The molecule has 2 aromatic carbocycles. The minimum absolute atomic E-state index is 0.0106. The smallest absolute Gasteiger partial charge is 0.244 e. The Balaban J connectivity index is 2.12. The van der Waals surface area contributed by atoms with Crippen molar-refractivity contribution < 1.29 is 9.59 Å². The maximum Gasteiger partial charge on any atom is 0.244 e. The summed E-state index contributed by atoms with van der Waals surface area (Å²) in [7, 11) is 0. The summed E-state index contributed by atoms with van der Waals surface area (Å²) in [6.07, 6.45) is 0. The molecule has 0 unspecified atom stereocenters. The average molecular weight is 338 g/mol. The van der Waals surface area contributed by atoms with Crippen molar-refractivity contribution in [3.8, 4) is 0 Å². The molecular weight excluding hydrogens is 312 g/mol. The summed E-state index contributed by atoms with van der Waals surface area (Å²) in [6, 6.07) is 13.7. The molecule has 0 aromatic heterocycles. The Morgan fingerprint density at radius 1 is 1.00 bits per heavy atom. The number of aryl methyl sites for hydroxylation is 2. The molecule has 0 saturated heterocycles. The Morgan fingerprint density at radius 2 is 1.56 bits per heavy atom. The number of benzene rings is 2. The molecule has 4 nitrogen and oxygen atoms in total. The van der Waals surface area contributed by atoms with Gasteiger partial charge in [-0.1, -0.05) is 32.0 Å². The first kappa shape index (κ1) is 18.7. The standard InChI is InChI=1S/C21H26N2O2/c1-14(2)18-6-8-20(9-7-18)23(17(5)24)13-21(25)22-19-11-15(3)10-16(4)12-19/h6-12,14H,13H2,1-5H3,(H,22,25). The van der Waals surface area contributed by atoms with Gasteiger partial charge >= 0.3 is 0 Å². The lowest BCUT2D eigenvalue weighted by molar-refractivity contribution is -0.120. The van der Waals surface area contributed by atoms with Crippen LogP contribution < -0.4 is 10.2 Å². The van der Waals surface area contributed by atoms with Crippen molar-refractivity contribution in [1.29, 1.82) is 0 Å². The summed E-state index contributed by atoms with van der Waals surface area (Å²) in [5, 5.41) is 2.88. The van der Waals surface area contributed by atoms with Crippen LogP contribution in [0.25, 0.3) is 0 Å². The highest BCUT2D eigenvalue weighted by Gasteiger charge is 2.16. The minimum atomic E-state index is -0.215. The maximum atomic E-state index is 12.4. The lowest BCUT2D eigenvalue weighted by Crippen LogP contribution is -2.36. The van der Waals surface area contributed by atoms with Crippen LogP contribution in [-0.2, 0) is 9.59 Å². The van der Waals surface area contributed by atoms with Crippen LogP contribution in [0, 0.1) is 13.8 Å². The number of hydrogen-bond acceptors (Lipinski definition) is 2. The summed E-state index contributed by atoms with van der Waals surface area (Å²) in [5.41, 5.74) is 4.85. The van der Waals surface area contributed by atoms with Gasteiger partial charge in [0, 0.05) is 18.3 Å². The van der Waals surface area contributed by atoms with E-state index in [1.807, 2.05) is 56.3 Å². The minimum Gasteiger partial charge on any atom is -0.325 e. The van der Waals surface area contributed by atoms with Crippen molar-refractivity contribution in [3.63, 3.8) is 0 Å². The first-order chi connectivity index (χ1) is 11.8. The van der Waals surface area contributed by atoms with E-state index >= 15 is 0 Å². The van der Waals surface area contributed by atoms with E-state index in [1.165, 1.54) is 17.4 Å². The lowest BCUT2D eigenvalue weighted by Gasteiger charge is -2.21. The number of nitrogens with one attached hydrogen (secondary N) is 1. The number of nitrogens with zero attached hydrogens (tertiary/aromatic N) is 1. The third-order valence-electron chi connectivity index (χ3n) is 4.06. The third kappa shape index (κ3) is 5.18. The number of carbonyl (C=O) groups excluding carboxylic acids is 2. The fourth-order valence-electron chi connectivity index (χ4n) is 2.81. The summed E-state index contributed by atoms with van der Waals surface area (Å²) < 4.78 is 0. The number of anilines is 2. The molecule has 4 heteroatoms. The van der Waals surface area contributed by atoms with E-state index in [-0.39, 0.29) is 18.4 Å². The molecule has 0 radical (unpaired) electrons. The zero-order valence-electron chi connectivity index (χ0n) is 15.6. The van der Waals surface area contributed by atoms with Crippen molar-refractivity contribution in [2.45, 2.75) is 40.5 Å². The van der Waals surface area contributed by atoms with Gasteiger partial charge in [0.2, 0.25) is 11.8 Å². The highest BCUT2D eigenvalue weighted by molar-refractivity contribution is 6.01. The van der Waals surface area contributed by atoms with Gasteiger partial charge in [-0.2, -0.15) is 0 Å². The van der Waals surface area contributed by atoms with Crippen LogP contribution in [0.2, 0.25) is 0 Å². The van der Waals surface area contributed by atoms with Gasteiger partial charge in [-0.05, 0) is 60.7 Å². The molecule has 0 aliphatic carbocycles. The molecule has 0 atom stereocenters. The molecule has 132 valence electrons. The molecule has 25 heavy (non-hydrogen) atoms. The van der Waals surface area contributed by atoms with Crippen LogP contribution in [-0.4, -0.2) is 18.4 Å². The largest absolute Gasteiger partial charge is 0.325 e. The molecule has 0 saturated carbocycles. The fourth-order valence-corrected chi connectivity index (χ4v) is 2.81. The molecule has 0 aliphatic rings. The Bertz CT molecular complexity index is 744. The van der Waals surface area contributed by atoms with Crippen molar-refractivity contribution >= 4 is 23.2 Å². The molecule has 2 amide bonds. The summed E-state index contributed by atoms with van der Waals surface area (Å²) in [4.78, 5) is 25.9. The van der Waals surface area contributed by atoms with Crippen LogP contribution in [0.5, 0.6) is 0 Å². The molecule has 1 N–H and O–H groups in total. The van der Waals surface area contributed by atoms with E-state index in [9.17, 15) is 9.59 Å². The van der Waals surface area contributed by atoms with Crippen LogP contribution in [0.4, 0.5) is 11.4 Å². The van der Waals surface area contributed by atoms with Gasteiger partial charge in [0.05, 0.1) is 0 Å². The predicted molar refractivity (Wildman–Crippen MR) is 103 cm³/mol. The zero-order chi connectivity index (χ0) is 18.6. The summed E-state index contributed by atoms with van der Waals surface area (Å²) >= 11 is 0. The zero-order valence-corrected chi connectivity index (χ0v) is 15.6. The maximum absolute atomic E-state index is 12.4. The molecule has 0 spiro atoms. The second-order valence-electron chi connectivity index (χ2n) is 6.78. The van der Waals surface area contributed by atoms with Crippen molar-refractivity contribution in [3.05, 3.63) is 59.2 Å². The van der Waals surface area contributed by atoms with E-state index in [1.54, 1.807) is 0 Å². The van der Waals surface area contributed by atoms with Crippen molar-refractivity contribution in [2.75, 3.05) is 16.8 Å². The number of hydrogen-bond donors (Lipinski definition) is 1. The molecule has 0 heterocycles. The van der Waals surface area contributed by atoms with Gasteiger partial charge in [-0.25, -0.2) is 0 Å². The molecule has 0 aliphatic heterocycles. The van der Waals surface area contributed by atoms with Crippen molar-refractivity contribution in [1.82, 2.24) is 0 Å². The van der Waals surface area contributed by atoms with Gasteiger partial charge in [0.1, 0.15) is 6.54 Å². The fraction of sp³-hybridized carbons (Fsp3) is 0.333. The Hall–Kier alpha value is -2.62. The van der Waals surface area contributed by atoms with Gasteiger partial charge in [0.15, 0.2) is 0 Å². The van der Waals surface area contributed by atoms with Crippen LogP contribution in [0.15, 0.2) is 42.5 Å². The van der Waals surface area contributed by atoms with E-state index in [2.05, 4.69) is 19.2 Å². The summed E-state index contributed by atoms with van der Waals surface area (Å²) in [5.74, 6) is 0.0497. The Labute approximate surface area is 149 Å². The predicted octanol–water partition coefficient (Wildman–Crippen LogP) is 4.42. The normalized spacial score (nSPS) is 10.6. The monoisotopic (exact) mass is 338 g/mol. The highest BCUT2D eigenvalue weighted by Crippen LogP contribution is 2.20. The van der Waals surface area contributed by atoms with E-state index in [0.29, 0.717) is 5.92 Å². The molecule has 0 fully saturated rings. The second kappa shape index (κ2) is 7.97. The van der Waals surface area contributed by atoms with E-state index < -0.39 is 0 Å². The van der Waals surface area contributed by atoms with Gasteiger partial charge in [0.25, 0.3) is 0 Å². The second-order valence-corrected chi connectivity index (χ2v) is 6.78.